The zero-order valence-electron chi connectivity index (χ0n) is 9.77. The maximum absolute atomic E-state index is 10.9. The molecule has 0 aromatic carbocycles. The summed E-state index contributed by atoms with van der Waals surface area (Å²) in [7, 11) is 3.10. The summed E-state index contributed by atoms with van der Waals surface area (Å²) in [5, 5.41) is 8.74. The third kappa shape index (κ3) is 3.11. The summed E-state index contributed by atoms with van der Waals surface area (Å²) in [5.74, 6) is 0.514. The van der Waals surface area contributed by atoms with Crippen LogP contribution in [0.2, 0.25) is 0 Å². The van der Waals surface area contributed by atoms with E-state index >= 15 is 0 Å². The maximum Gasteiger partial charge on any atom is 0.259 e. The van der Waals surface area contributed by atoms with Crippen molar-refractivity contribution in [2.75, 3.05) is 14.2 Å². The highest BCUT2D eigenvalue weighted by molar-refractivity contribution is 5.95. The third-order valence-electron chi connectivity index (χ3n) is 2.42. The molecule has 0 spiro atoms. The molecule has 0 bridgehead atoms. The molecule has 1 aliphatic carbocycles. The monoisotopic (exact) mass is 234 g/mol. The van der Waals surface area contributed by atoms with Gasteiger partial charge in [-0.2, -0.15) is 5.26 Å². The number of primary amides is 1. The number of hydrogen-bond acceptors (Lipinski definition) is 4. The quantitative estimate of drug-likeness (QED) is 0.581. The number of nitriles is 1. The fourth-order valence-corrected chi connectivity index (χ4v) is 1.56. The molecule has 1 rings (SSSR count). The molecule has 0 fully saturated rings. The molecule has 1 aliphatic rings. The van der Waals surface area contributed by atoms with Gasteiger partial charge < -0.3 is 15.2 Å². The van der Waals surface area contributed by atoms with E-state index in [1.54, 1.807) is 26.4 Å². The van der Waals surface area contributed by atoms with Crippen molar-refractivity contribution in [1.82, 2.24) is 0 Å². The number of nitrogens with zero attached hydrogens (tertiary/aromatic N) is 1. The molecule has 0 saturated heterocycles. The molecule has 0 heterocycles. The minimum Gasteiger partial charge on any atom is -0.497 e. The van der Waals surface area contributed by atoms with Crippen LogP contribution in [0.25, 0.3) is 0 Å². The van der Waals surface area contributed by atoms with Crippen LogP contribution in [0.5, 0.6) is 0 Å². The summed E-state index contributed by atoms with van der Waals surface area (Å²) in [5.41, 5.74) is 5.02. The van der Waals surface area contributed by atoms with Crippen LogP contribution in [0, 0.1) is 17.2 Å². The third-order valence-corrected chi connectivity index (χ3v) is 2.42. The van der Waals surface area contributed by atoms with Gasteiger partial charge in [0.2, 0.25) is 0 Å². The lowest BCUT2D eigenvalue weighted by molar-refractivity contribution is -0.114. The highest BCUT2D eigenvalue weighted by Gasteiger charge is 2.17. The van der Waals surface area contributed by atoms with Crippen molar-refractivity contribution in [2.24, 2.45) is 11.7 Å². The molecule has 0 aromatic rings. The highest BCUT2D eigenvalue weighted by Crippen LogP contribution is 2.26. The standard InChI is InChI=1S/C12H14N2O3/c1-16-10-4-3-8(6-11(10)17-2)5-9(7-13)12(14)15/h3-5,8H,6H2,1-2H3,(H2,14,15). The van der Waals surface area contributed by atoms with E-state index in [0.29, 0.717) is 17.9 Å². The first-order valence-corrected chi connectivity index (χ1v) is 5.03. The molecule has 1 amide bonds. The SMILES string of the molecule is COC1=C(OC)CC(C=C(C#N)C(N)=O)C=C1. The van der Waals surface area contributed by atoms with E-state index in [1.165, 1.54) is 6.08 Å². The summed E-state index contributed by atoms with van der Waals surface area (Å²) < 4.78 is 10.3. The summed E-state index contributed by atoms with van der Waals surface area (Å²) in [4.78, 5) is 10.9. The Morgan fingerprint density at radius 3 is 2.76 bits per heavy atom. The van der Waals surface area contributed by atoms with E-state index in [0.717, 1.165) is 0 Å². The first-order chi connectivity index (χ1) is 8.12. The van der Waals surface area contributed by atoms with E-state index in [1.807, 2.05) is 6.08 Å². The number of carbonyl (C=O) groups is 1. The van der Waals surface area contributed by atoms with Crippen molar-refractivity contribution in [3.8, 4) is 6.07 Å². The molecule has 1 unspecified atom stereocenters. The topological polar surface area (TPSA) is 85.3 Å². The minimum atomic E-state index is -0.721. The van der Waals surface area contributed by atoms with Gasteiger partial charge in [0, 0.05) is 12.3 Å². The average Bonchev–Trinajstić information content (AvgIpc) is 2.35. The van der Waals surface area contributed by atoms with Gasteiger partial charge in [0.15, 0.2) is 5.76 Å². The lowest BCUT2D eigenvalue weighted by Crippen LogP contribution is -2.15. The Morgan fingerprint density at radius 1 is 1.59 bits per heavy atom. The van der Waals surface area contributed by atoms with E-state index < -0.39 is 5.91 Å². The Labute approximate surface area is 99.8 Å². The van der Waals surface area contributed by atoms with Gasteiger partial charge in [0.05, 0.1) is 14.2 Å². The molecule has 0 saturated carbocycles. The minimum absolute atomic E-state index is 0.0454. The average molecular weight is 234 g/mol. The van der Waals surface area contributed by atoms with E-state index in [4.69, 9.17) is 20.5 Å². The second kappa shape index (κ2) is 5.75. The van der Waals surface area contributed by atoms with Gasteiger partial charge in [-0.1, -0.05) is 12.2 Å². The van der Waals surface area contributed by atoms with Crippen LogP contribution >= 0.6 is 0 Å². The Balaban J connectivity index is 2.88. The smallest absolute Gasteiger partial charge is 0.259 e. The first-order valence-electron chi connectivity index (χ1n) is 5.03. The number of amides is 1. The van der Waals surface area contributed by atoms with Gasteiger partial charge in [-0.05, 0) is 6.08 Å². The fraction of sp³-hybridized carbons (Fsp3) is 0.333. The van der Waals surface area contributed by atoms with Crippen molar-refractivity contribution in [2.45, 2.75) is 6.42 Å². The largest absolute Gasteiger partial charge is 0.497 e. The summed E-state index contributed by atoms with van der Waals surface area (Å²) in [6, 6.07) is 1.77. The molecule has 17 heavy (non-hydrogen) atoms. The predicted octanol–water partition coefficient (Wildman–Crippen LogP) is 1.00. The van der Waals surface area contributed by atoms with Crippen LogP contribution in [0.3, 0.4) is 0 Å². The number of ether oxygens (including phenoxy) is 2. The van der Waals surface area contributed by atoms with E-state index in [9.17, 15) is 4.79 Å². The van der Waals surface area contributed by atoms with Crippen molar-refractivity contribution in [3.05, 3.63) is 35.3 Å². The number of allylic oxidation sites excluding steroid dienone is 4. The first kappa shape index (κ1) is 12.8. The normalized spacial score (nSPS) is 19.8. The van der Waals surface area contributed by atoms with Gasteiger partial charge in [0.1, 0.15) is 17.4 Å². The van der Waals surface area contributed by atoms with Crippen molar-refractivity contribution < 1.29 is 14.3 Å². The Morgan fingerprint density at radius 2 is 2.29 bits per heavy atom. The molecule has 5 nitrogen and oxygen atoms in total. The summed E-state index contributed by atoms with van der Waals surface area (Å²) in [6.45, 7) is 0. The number of rotatable bonds is 4. The lowest BCUT2D eigenvalue weighted by atomic mass is 9.96. The maximum atomic E-state index is 10.9. The van der Waals surface area contributed by atoms with Crippen LogP contribution in [-0.4, -0.2) is 20.1 Å². The second-order valence-corrected chi connectivity index (χ2v) is 3.48. The van der Waals surface area contributed by atoms with Crippen molar-refractivity contribution in [1.29, 1.82) is 5.26 Å². The zero-order valence-corrected chi connectivity index (χ0v) is 9.77. The molecule has 5 heteroatoms. The Hall–Kier alpha value is -2.22. The highest BCUT2D eigenvalue weighted by atomic mass is 16.5. The molecule has 90 valence electrons. The van der Waals surface area contributed by atoms with Crippen molar-refractivity contribution in [3.63, 3.8) is 0 Å². The number of hydrogen-bond donors (Lipinski definition) is 1. The van der Waals surface area contributed by atoms with Crippen molar-refractivity contribution >= 4 is 5.91 Å². The Kier molecular flexibility index (Phi) is 4.35. The van der Waals surface area contributed by atoms with E-state index in [-0.39, 0.29) is 11.5 Å². The lowest BCUT2D eigenvalue weighted by Gasteiger charge is -2.18. The van der Waals surface area contributed by atoms with Crippen LogP contribution in [-0.2, 0) is 14.3 Å². The molecule has 0 aromatic heterocycles. The molecular formula is C12H14N2O3. The predicted molar refractivity (Wildman–Crippen MR) is 61.2 cm³/mol. The van der Waals surface area contributed by atoms with Crippen LogP contribution in [0.15, 0.2) is 35.3 Å². The molecule has 0 radical (unpaired) electrons. The summed E-state index contributed by atoms with van der Waals surface area (Å²) >= 11 is 0. The second-order valence-electron chi connectivity index (χ2n) is 3.48. The van der Waals surface area contributed by atoms with Gasteiger partial charge in [0.25, 0.3) is 5.91 Å². The number of nitrogens with two attached hydrogens (primary N) is 1. The molecular weight excluding hydrogens is 220 g/mol. The van der Waals surface area contributed by atoms with Crippen LogP contribution in [0.4, 0.5) is 0 Å². The van der Waals surface area contributed by atoms with Gasteiger partial charge in [-0.15, -0.1) is 0 Å². The molecule has 0 aliphatic heterocycles. The van der Waals surface area contributed by atoms with Crippen LogP contribution in [0.1, 0.15) is 6.42 Å². The summed E-state index contributed by atoms with van der Waals surface area (Å²) in [6.07, 6.45) is 5.65. The zero-order chi connectivity index (χ0) is 12.8. The van der Waals surface area contributed by atoms with Gasteiger partial charge in [-0.3, -0.25) is 4.79 Å². The van der Waals surface area contributed by atoms with E-state index in [2.05, 4.69) is 0 Å². The molecule has 1 atom stereocenters. The Bertz CT molecular complexity index is 441. The fourth-order valence-electron chi connectivity index (χ4n) is 1.56. The van der Waals surface area contributed by atoms with Gasteiger partial charge >= 0.3 is 0 Å². The van der Waals surface area contributed by atoms with Gasteiger partial charge in [-0.25, -0.2) is 0 Å². The number of carbonyl (C=O) groups excluding carboxylic acids is 1. The number of methoxy groups -OCH3 is 2. The van der Waals surface area contributed by atoms with Crippen LogP contribution < -0.4 is 5.73 Å². The molecule has 2 N–H and O–H groups in total.